The summed E-state index contributed by atoms with van der Waals surface area (Å²) < 4.78 is 36.6. The number of sulfonamides is 1. The van der Waals surface area contributed by atoms with Crippen molar-refractivity contribution >= 4 is 27.3 Å². The molecule has 0 atom stereocenters. The van der Waals surface area contributed by atoms with Crippen molar-refractivity contribution in [3.63, 3.8) is 0 Å². The number of rotatable bonds is 6. The van der Waals surface area contributed by atoms with E-state index >= 15 is 0 Å². The minimum Gasteiger partial charge on any atom is -0.454 e. The number of aryl methyl sites for hydroxylation is 1. The van der Waals surface area contributed by atoms with E-state index in [0.717, 1.165) is 18.5 Å². The van der Waals surface area contributed by atoms with Crippen LogP contribution in [0.25, 0.3) is 0 Å². The fourth-order valence-corrected chi connectivity index (χ4v) is 4.79. The maximum Gasteiger partial charge on any atom is 0.232 e. The van der Waals surface area contributed by atoms with Crippen molar-refractivity contribution in [2.24, 2.45) is 0 Å². The normalized spacial score (nSPS) is 15.1. The highest BCUT2D eigenvalue weighted by Gasteiger charge is 2.24. The molecule has 0 bridgehead atoms. The zero-order valence-electron chi connectivity index (χ0n) is 16.3. The molecule has 0 unspecified atom stereocenters. The Morgan fingerprint density at radius 2 is 1.93 bits per heavy atom. The largest absolute Gasteiger partial charge is 0.454 e. The maximum absolute atomic E-state index is 12.8. The van der Waals surface area contributed by atoms with E-state index in [2.05, 4.69) is 6.07 Å². The van der Waals surface area contributed by atoms with Gasteiger partial charge in [-0.2, -0.15) is 0 Å². The molecule has 0 aliphatic carbocycles. The minimum atomic E-state index is -3.49. The number of ether oxygens (including phenoxy) is 2. The smallest absolute Gasteiger partial charge is 0.232 e. The van der Waals surface area contributed by atoms with Crippen LogP contribution in [0.15, 0.2) is 42.5 Å². The number of para-hydroxylation sites is 1. The molecule has 2 aliphatic rings. The third-order valence-electron chi connectivity index (χ3n) is 5.21. The molecule has 0 radical (unpaired) electrons. The lowest BCUT2D eigenvalue weighted by Crippen LogP contribution is -2.36. The summed E-state index contributed by atoms with van der Waals surface area (Å²) in [7, 11) is -3.49. The molecular formula is C21H24N2O5S. The Kier molecular flexibility index (Phi) is 5.36. The molecule has 7 nitrogen and oxygen atoms in total. The molecule has 29 heavy (non-hydrogen) atoms. The topological polar surface area (TPSA) is 76.2 Å². The molecule has 1 amide bonds. The van der Waals surface area contributed by atoms with Gasteiger partial charge in [0.2, 0.25) is 22.7 Å². The summed E-state index contributed by atoms with van der Waals surface area (Å²) in [5.74, 6) is 1.15. The second-order valence-electron chi connectivity index (χ2n) is 7.25. The predicted octanol–water partition coefficient (Wildman–Crippen LogP) is 2.94. The second kappa shape index (κ2) is 7.94. The highest BCUT2D eigenvalue weighted by molar-refractivity contribution is 7.92. The van der Waals surface area contributed by atoms with Crippen LogP contribution in [0.5, 0.6) is 11.5 Å². The van der Waals surface area contributed by atoms with Crippen LogP contribution < -0.4 is 18.7 Å². The first-order valence-electron chi connectivity index (χ1n) is 9.69. The van der Waals surface area contributed by atoms with E-state index in [1.165, 1.54) is 16.1 Å². The summed E-state index contributed by atoms with van der Waals surface area (Å²) >= 11 is 0. The first-order valence-corrected chi connectivity index (χ1v) is 11.5. The van der Waals surface area contributed by atoms with Crippen molar-refractivity contribution in [2.45, 2.75) is 25.7 Å². The fraction of sp³-hybridized carbons (Fsp3) is 0.381. The van der Waals surface area contributed by atoms with Gasteiger partial charge in [-0.05, 0) is 43.0 Å². The zero-order chi connectivity index (χ0) is 20.4. The summed E-state index contributed by atoms with van der Waals surface area (Å²) in [6, 6.07) is 13.0. The fourth-order valence-electron chi connectivity index (χ4n) is 3.83. The van der Waals surface area contributed by atoms with Gasteiger partial charge in [0.25, 0.3) is 0 Å². The molecule has 0 fully saturated rings. The van der Waals surface area contributed by atoms with Gasteiger partial charge in [0, 0.05) is 31.3 Å². The Hall–Kier alpha value is -2.74. The lowest BCUT2D eigenvalue weighted by atomic mass is 10.0. The van der Waals surface area contributed by atoms with Crippen LogP contribution in [-0.4, -0.2) is 40.5 Å². The Morgan fingerprint density at radius 3 is 2.76 bits per heavy atom. The van der Waals surface area contributed by atoms with Gasteiger partial charge in [-0.3, -0.25) is 9.10 Å². The molecule has 2 aromatic rings. The highest BCUT2D eigenvalue weighted by Crippen LogP contribution is 2.36. The van der Waals surface area contributed by atoms with Crippen LogP contribution in [0, 0.1) is 0 Å². The number of hydrogen-bond acceptors (Lipinski definition) is 5. The number of anilines is 2. The molecule has 0 aromatic heterocycles. The number of fused-ring (bicyclic) bond motifs is 2. The number of benzene rings is 2. The molecule has 154 valence electrons. The number of hydrogen-bond donors (Lipinski definition) is 0. The lowest BCUT2D eigenvalue weighted by molar-refractivity contribution is -0.118. The van der Waals surface area contributed by atoms with Gasteiger partial charge in [0.1, 0.15) is 0 Å². The highest BCUT2D eigenvalue weighted by atomic mass is 32.2. The van der Waals surface area contributed by atoms with Gasteiger partial charge in [-0.25, -0.2) is 8.42 Å². The molecule has 4 rings (SSSR count). The monoisotopic (exact) mass is 416 g/mol. The Balaban J connectivity index is 1.43. The average molecular weight is 416 g/mol. The van der Waals surface area contributed by atoms with E-state index in [9.17, 15) is 13.2 Å². The number of nitrogens with zero attached hydrogens (tertiary/aromatic N) is 2. The molecule has 0 saturated carbocycles. The van der Waals surface area contributed by atoms with E-state index in [0.29, 0.717) is 30.2 Å². The van der Waals surface area contributed by atoms with E-state index in [1.54, 1.807) is 18.2 Å². The van der Waals surface area contributed by atoms with E-state index in [-0.39, 0.29) is 25.7 Å². The van der Waals surface area contributed by atoms with Crippen molar-refractivity contribution in [3.05, 3.63) is 48.0 Å². The van der Waals surface area contributed by atoms with Crippen LogP contribution in [0.2, 0.25) is 0 Å². The SMILES string of the molecule is CS(=O)(=O)N(CCCC(=O)N1CCCc2ccccc21)c1ccc2c(c1)OCO2. The summed E-state index contributed by atoms with van der Waals surface area (Å²) in [6.07, 6.45) is 3.80. The standard InChI is InChI=1S/C21H24N2O5S/c1-29(25,26)23(17-10-11-19-20(14-17)28-15-27-19)13-5-9-21(24)22-12-4-7-16-6-2-3-8-18(16)22/h2-3,6,8,10-11,14H,4-5,7,9,12-13,15H2,1H3. The molecular weight excluding hydrogens is 392 g/mol. The molecule has 2 aliphatic heterocycles. The van der Waals surface area contributed by atoms with E-state index < -0.39 is 10.0 Å². The molecule has 0 spiro atoms. The zero-order valence-corrected chi connectivity index (χ0v) is 17.2. The van der Waals surface area contributed by atoms with Gasteiger partial charge in [0.15, 0.2) is 11.5 Å². The van der Waals surface area contributed by atoms with Crippen LogP contribution in [0.4, 0.5) is 11.4 Å². The van der Waals surface area contributed by atoms with Crippen LogP contribution in [0.3, 0.4) is 0 Å². The summed E-state index contributed by atoms with van der Waals surface area (Å²) in [4.78, 5) is 14.6. The van der Waals surface area contributed by atoms with E-state index in [1.807, 2.05) is 23.1 Å². The molecule has 8 heteroatoms. The van der Waals surface area contributed by atoms with E-state index in [4.69, 9.17) is 9.47 Å². The minimum absolute atomic E-state index is 0.0243. The second-order valence-corrected chi connectivity index (χ2v) is 9.16. The van der Waals surface area contributed by atoms with Crippen LogP contribution >= 0.6 is 0 Å². The van der Waals surface area contributed by atoms with Crippen molar-refractivity contribution in [2.75, 3.05) is 35.3 Å². The Bertz CT molecular complexity index is 1020. The maximum atomic E-state index is 12.8. The number of carbonyl (C=O) groups is 1. The van der Waals surface area contributed by atoms with Gasteiger partial charge in [0.05, 0.1) is 11.9 Å². The Labute approximate surface area is 170 Å². The summed E-state index contributed by atoms with van der Waals surface area (Å²) in [5.41, 5.74) is 2.66. The Morgan fingerprint density at radius 1 is 1.14 bits per heavy atom. The van der Waals surface area contributed by atoms with Crippen molar-refractivity contribution in [1.29, 1.82) is 0 Å². The van der Waals surface area contributed by atoms with Crippen LogP contribution in [-0.2, 0) is 21.2 Å². The third kappa shape index (κ3) is 4.17. The lowest BCUT2D eigenvalue weighted by Gasteiger charge is -2.30. The van der Waals surface area contributed by atoms with Gasteiger partial charge in [-0.1, -0.05) is 18.2 Å². The predicted molar refractivity (Wildman–Crippen MR) is 111 cm³/mol. The number of carbonyl (C=O) groups excluding carboxylic acids is 1. The van der Waals surface area contributed by atoms with Gasteiger partial charge < -0.3 is 14.4 Å². The quantitative estimate of drug-likeness (QED) is 0.724. The first-order chi connectivity index (χ1) is 13.9. The molecule has 2 aromatic carbocycles. The third-order valence-corrected chi connectivity index (χ3v) is 6.40. The van der Waals surface area contributed by atoms with Crippen LogP contribution in [0.1, 0.15) is 24.8 Å². The first kappa shape index (κ1) is 19.6. The van der Waals surface area contributed by atoms with Crippen molar-refractivity contribution in [3.8, 4) is 11.5 Å². The molecule has 0 N–H and O–H groups in total. The molecule has 2 heterocycles. The number of amides is 1. The molecule has 0 saturated heterocycles. The van der Waals surface area contributed by atoms with Crippen molar-refractivity contribution < 1.29 is 22.7 Å². The summed E-state index contributed by atoms with van der Waals surface area (Å²) in [6.45, 7) is 1.05. The van der Waals surface area contributed by atoms with Gasteiger partial charge in [-0.15, -0.1) is 0 Å². The summed E-state index contributed by atoms with van der Waals surface area (Å²) in [5, 5.41) is 0. The van der Waals surface area contributed by atoms with Gasteiger partial charge >= 0.3 is 0 Å². The van der Waals surface area contributed by atoms with Crippen molar-refractivity contribution in [1.82, 2.24) is 0 Å². The average Bonchev–Trinajstić information content (AvgIpc) is 3.17.